The van der Waals surface area contributed by atoms with E-state index in [9.17, 15) is 4.79 Å². The molecular formula is C20H19ClN8O2. The number of anilines is 1. The Kier molecular flexibility index (Phi) is 3.80. The second-order valence-electron chi connectivity index (χ2n) is 8.56. The number of fused-ring (bicyclic) bond motifs is 2. The van der Waals surface area contributed by atoms with E-state index in [0.717, 1.165) is 18.9 Å². The minimum Gasteiger partial charge on any atom is -0.356 e. The Morgan fingerprint density at radius 3 is 2.84 bits per heavy atom. The first-order valence-corrected chi connectivity index (χ1v) is 10.4. The lowest BCUT2D eigenvalue weighted by molar-refractivity contribution is 0.362. The monoisotopic (exact) mass is 438 g/mol. The highest BCUT2D eigenvalue weighted by Crippen LogP contribution is 2.67. The third kappa shape index (κ3) is 2.78. The average molecular weight is 439 g/mol. The molecule has 0 N–H and O–H groups in total. The van der Waals surface area contributed by atoms with Gasteiger partial charge in [-0.3, -0.25) is 9.36 Å². The first-order valence-electron chi connectivity index (χ1n) is 9.99. The number of hydrogen-bond donors (Lipinski definition) is 0. The minimum atomic E-state index is -0.189. The maximum atomic E-state index is 12.7. The van der Waals surface area contributed by atoms with Gasteiger partial charge in [0.1, 0.15) is 18.7 Å². The number of imidazole rings is 1. The lowest BCUT2D eigenvalue weighted by atomic mass is 10.1. The van der Waals surface area contributed by atoms with E-state index < -0.39 is 0 Å². The maximum Gasteiger partial charge on any atom is 0.280 e. The maximum absolute atomic E-state index is 12.7. The summed E-state index contributed by atoms with van der Waals surface area (Å²) in [4.78, 5) is 32.4. The summed E-state index contributed by atoms with van der Waals surface area (Å²) in [6.07, 6.45) is 4.71. The van der Waals surface area contributed by atoms with Gasteiger partial charge in [-0.15, -0.1) is 0 Å². The number of halogens is 1. The molecule has 4 aromatic rings. The van der Waals surface area contributed by atoms with Gasteiger partial charge >= 0.3 is 0 Å². The highest BCUT2D eigenvalue weighted by Gasteiger charge is 2.68. The van der Waals surface area contributed by atoms with Crippen LogP contribution in [0.25, 0.3) is 11.2 Å². The molecule has 1 aliphatic carbocycles. The Labute approximate surface area is 181 Å². The summed E-state index contributed by atoms with van der Waals surface area (Å²) in [5.74, 6) is 2.70. The number of nitrogens with zero attached hydrogens (tertiary/aromatic N) is 8. The predicted octanol–water partition coefficient (Wildman–Crippen LogP) is 1.85. The first kappa shape index (κ1) is 18.5. The second-order valence-corrected chi connectivity index (χ2v) is 8.99. The topological polar surface area (TPSA) is 108 Å². The molecule has 0 spiro atoms. The van der Waals surface area contributed by atoms with Crippen molar-refractivity contribution in [1.82, 2.24) is 34.2 Å². The van der Waals surface area contributed by atoms with Gasteiger partial charge in [0.15, 0.2) is 17.0 Å². The summed E-state index contributed by atoms with van der Waals surface area (Å²) in [7, 11) is 1.77. The van der Waals surface area contributed by atoms with Crippen LogP contribution in [0.4, 0.5) is 5.82 Å². The fourth-order valence-electron chi connectivity index (χ4n) is 4.90. The third-order valence-electron chi connectivity index (χ3n) is 6.60. The molecule has 2 fully saturated rings. The molecule has 0 bridgehead atoms. The van der Waals surface area contributed by atoms with Crippen LogP contribution < -0.4 is 10.5 Å². The largest absolute Gasteiger partial charge is 0.356 e. The highest BCUT2D eigenvalue weighted by atomic mass is 35.5. The van der Waals surface area contributed by atoms with Crippen LogP contribution in [0.3, 0.4) is 0 Å². The molecule has 0 radical (unpaired) electrons. The van der Waals surface area contributed by atoms with Crippen molar-refractivity contribution in [3.05, 3.63) is 58.1 Å². The van der Waals surface area contributed by atoms with E-state index in [0.29, 0.717) is 33.8 Å². The van der Waals surface area contributed by atoms with Crippen molar-refractivity contribution < 1.29 is 4.52 Å². The van der Waals surface area contributed by atoms with Crippen LogP contribution in [0.2, 0.25) is 5.02 Å². The van der Waals surface area contributed by atoms with E-state index in [-0.39, 0.29) is 23.4 Å². The molecule has 158 valence electrons. The van der Waals surface area contributed by atoms with Crippen molar-refractivity contribution in [2.45, 2.75) is 19.4 Å². The Bertz CT molecular complexity index is 1360. The van der Waals surface area contributed by atoms with E-state index in [1.54, 1.807) is 24.1 Å². The first-order chi connectivity index (χ1) is 14.9. The summed E-state index contributed by atoms with van der Waals surface area (Å²) < 4.78 is 8.60. The third-order valence-corrected chi connectivity index (χ3v) is 6.83. The van der Waals surface area contributed by atoms with E-state index in [2.05, 4.69) is 36.9 Å². The molecule has 1 saturated carbocycles. The summed E-state index contributed by atoms with van der Waals surface area (Å²) in [5.41, 5.74) is 0.760. The minimum absolute atomic E-state index is 0.0779. The summed E-state index contributed by atoms with van der Waals surface area (Å²) in [6.45, 7) is 4.19. The molecule has 0 amide bonds. The highest BCUT2D eigenvalue weighted by molar-refractivity contribution is 6.30. The Morgan fingerprint density at radius 2 is 2.10 bits per heavy atom. The van der Waals surface area contributed by atoms with Gasteiger partial charge in [-0.25, -0.2) is 15.0 Å². The molecule has 3 atom stereocenters. The Morgan fingerprint density at radius 1 is 1.26 bits per heavy atom. The molecule has 10 nitrogen and oxygen atoms in total. The quantitative estimate of drug-likeness (QED) is 0.475. The predicted molar refractivity (Wildman–Crippen MR) is 112 cm³/mol. The number of hydrogen-bond acceptors (Lipinski definition) is 8. The number of rotatable bonds is 4. The van der Waals surface area contributed by atoms with Crippen LogP contribution in [0.1, 0.15) is 24.6 Å². The van der Waals surface area contributed by atoms with Crippen LogP contribution in [0, 0.1) is 11.3 Å². The van der Waals surface area contributed by atoms with Gasteiger partial charge in [0.25, 0.3) is 5.56 Å². The number of pyridine rings is 1. The molecule has 0 aromatic carbocycles. The van der Waals surface area contributed by atoms with Crippen LogP contribution in [0.5, 0.6) is 0 Å². The molecule has 6 rings (SSSR count). The molecule has 4 aromatic heterocycles. The van der Waals surface area contributed by atoms with Gasteiger partial charge < -0.3 is 14.0 Å². The number of aryl methyl sites for hydroxylation is 1. The van der Waals surface area contributed by atoms with Crippen LogP contribution in [-0.4, -0.2) is 47.3 Å². The van der Waals surface area contributed by atoms with Gasteiger partial charge in [-0.1, -0.05) is 23.7 Å². The van der Waals surface area contributed by atoms with Crippen LogP contribution in [-0.2, 0) is 13.6 Å². The summed E-state index contributed by atoms with van der Waals surface area (Å²) >= 11 is 5.95. The van der Waals surface area contributed by atoms with Gasteiger partial charge in [0.2, 0.25) is 5.89 Å². The fraction of sp³-hybridized carbons (Fsp3) is 0.400. The van der Waals surface area contributed by atoms with E-state index in [4.69, 9.17) is 16.1 Å². The standard InChI is InChI=1S/C20H19ClN8O2/c1-20-8-28(13-4-3-11(21)5-22-13)6-12(20)15(20)17-25-14(31-26-17)7-29-10-24-18-16(19(29)30)27(2)9-23-18/h3-5,9-10,12,15H,6-8H2,1-2H3/t12-,15+,20?/m0/s1. The van der Waals surface area contributed by atoms with Crippen molar-refractivity contribution in [2.75, 3.05) is 18.0 Å². The van der Waals surface area contributed by atoms with Crippen molar-refractivity contribution in [2.24, 2.45) is 18.4 Å². The molecule has 2 aliphatic rings. The zero-order valence-corrected chi connectivity index (χ0v) is 17.7. The van der Waals surface area contributed by atoms with Gasteiger partial charge in [0.05, 0.1) is 11.3 Å². The lowest BCUT2D eigenvalue weighted by Gasteiger charge is -2.22. The fourth-order valence-corrected chi connectivity index (χ4v) is 5.01. The number of aromatic nitrogens is 7. The van der Waals surface area contributed by atoms with Crippen molar-refractivity contribution in [3.8, 4) is 0 Å². The number of piperidine rings is 1. The molecule has 31 heavy (non-hydrogen) atoms. The zero-order chi connectivity index (χ0) is 21.3. The summed E-state index contributed by atoms with van der Waals surface area (Å²) in [5, 5.41) is 4.85. The zero-order valence-electron chi connectivity index (χ0n) is 16.9. The second kappa shape index (κ2) is 6.36. The van der Waals surface area contributed by atoms with Gasteiger partial charge in [-0.05, 0) is 18.1 Å². The normalized spacial score (nSPS) is 24.7. The lowest BCUT2D eigenvalue weighted by Crippen LogP contribution is -2.26. The molecule has 11 heteroatoms. The SMILES string of the molecule is Cn1cnc2ncn(Cc3nc([C@H]4[C@@H]5CN(c6ccc(Cl)cn6)CC54C)no3)c(=O)c21. The summed E-state index contributed by atoms with van der Waals surface area (Å²) in [6, 6.07) is 3.81. The molecule has 1 aliphatic heterocycles. The smallest absolute Gasteiger partial charge is 0.280 e. The van der Waals surface area contributed by atoms with E-state index in [1.807, 2.05) is 12.1 Å². The van der Waals surface area contributed by atoms with Gasteiger partial charge in [0, 0.05) is 37.7 Å². The van der Waals surface area contributed by atoms with Crippen LogP contribution in [0.15, 0.2) is 40.3 Å². The van der Waals surface area contributed by atoms with Crippen molar-refractivity contribution >= 4 is 28.6 Å². The van der Waals surface area contributed by atoms with Crippen molar-refractivity contribution in [3.63, 3.8) is 0 Å². The average Bonchev–Trinajstić information content (AvgIpc) is 3.20. The Balaban J connectivity index is 1.19. The Hall–Kier alpha value is -3.27. The van der Waals surface area contributed by atoms with E-state index in [1.165, 1.54) is 10.9 Å². The molecule has 5 heterocycles. The van der Waals surface area contributed by atoms with E-state index >= 15 is 0 Å². The van der Waals surface area contributed by atoms with Crippen molar-refractivity contribution in [1.29, 1.82) is 0 Å². The molecule has 1 saturated heterocycles. The van der Waals surface area contributed by atoms with Crippen LogP contribution >= 0.6 is 11.6 Å². The molecule has 1 unspecified atom stereocenters. The van der Waals surface area contributed by atoms with Gasteiger partial charge in [-0.2, -0.15) is 4.98 Å². The molecular weight excluding hydrogens is 420 g/mol.